The molecular formula is C20H13F4N5O2S. The van der Waals surface area contributed by atoms with Gasteiger partial charge in [-0.25, -0.2) is 14.1 Å². The van der Waals surface area contributed by atoms with E-state index in [4.69, 9.17) is 4.74 Å². The fourth-order valence-corrected chi connectivity index (χ4v) is 3.56. The molecule has 164 valence electrons. The molecule has 0 bridgehead atoms. The first-order chi connectivity index (χ1) is 15.3. The first-order valence-corrected chi connectivity index (χ1v) is 9.84. The Morgan fingerprint density at radius 2 is 1.97 bits per heavy atom. The molecule has 7 nitrogen and oxygen atoms in total. The number of amides is 1. The molecule has 0 atom stereocenters. The van der Waals surface area contributed by atoms with Crippen molar-refractivity contribution in [3.8, 4) is 22.7 Å². The summed E-state index contributed by atoms with van der Waals surface area (Å²) < 4.78 is 59.3. The minimum atomic E-state index is -4.59. The Labute approximate surface area is 182 Å². The topological polar surface area (TPSA) is 81.9 Å². The van der Waals surface area contributed by atoms with E-state index in [1.165, 1.54) is 37.4 Å². The number of alkyl halides is 3. The highest BCUT2D eigenvalue weighted by Gasteiger charge is 2.34. The van der Waals surface area contributed by atoms with Crippen molar-refractivity contribution in [3.05, 3.63) is 71.1 Å². The molecule has 2 aromatic carbocycles. The highest BCUT2D eigenvalue weighted by atomic mass is 32.1. The van der Waals surface area contributed by atoms with Gasteiger partial charge in [0.05, 0.1) is 30.3 Å². The van der Waals surface area contributed by atoms with Crippen LogP contribution in [0.5, 0.6) is 5.75 Å². The zero-order valence-corrected chi connectivity index (χ0v) is 17.0. The summed E-state index contributed by atoms with van der Waals surface area (Å²) in [4.78, 5) is 16.7. The maximum atomic E-state index is 13.9. The summed E-state index contributed by atoms with van der Waals surface area (Å²) in [6.45, 7) is 0. The number of para-hydroxylation sites is 1. The lowest BCUT2D eigenvalue weighted by molar-refractivity contribution is -0.137. The van der Waals surface area contributed by atoms with Gasteiger partial charge in [-0.3, -0.25) is 10.1 Å². The quantitative estimate of drug-likeness (QED) is 0.430. The second-order valence-electron chi connectivity index (χ2n) is 6.40. The lowest BCUT2D eigenvalue weighted by Crippen LogP contribution is -2.12. The zero-order valence-electron chi connectivity index (χ0n) is 16.2. The number of hydrogen-bond donors (Lipinski definition) is 1. The second kappa shape index (κ2) is 8.38. The van der Waals surface area contributed by atoms with Crippen LogP contribution in [0.4, 0.5) is 22.7 Å². The van der Waals surface area contributed by atoms with Crippen LogP contribution in [-0.4, -0.2) is 33.0 Å². The number of carbonyl (C=O) groups excluding carboxylic acids is 1. The number of thiazole rings is 1. The van der Waals surface area contributed by atoms with Gasteiger partial charge in [0.2, 0.25) is 0 Å². The summed E-state index contributed by atoms with van der Waals surface area (Å²) in [5.74, 6) is -1.17. The van der Waals surface area contributed by atoms with Crippen LogP contribution in [0.25, 0.3) is 16.9 Å². The molecule has 0 saturated heterocycles. The van der Waals surface area contributed by atoms with Gasteiger partial charge in [0.25, 0.3) is 5.91 Å². The molecule has 4 aromatic rings. The Hall–Kier alpha value is -3.80. The summed E-state index contributed by atoms with van der Waals surface area (Å²) >= 11 is 1.09. The van der Waals surface area contributed by atoms with Gasteiger partial charge in [-0.2, -0.15) is 13.2 Å². The summed E-state index contributed by atoms with van der Waals surface area (Å²) in [5, 5.41) is 11.6. The van der Waals surface area contributed by atoms with Crippen LogP contribution in [0.3, 0.4) is 0 Å². The Morgan fingerprint density at radius 1 is 1.19 bits per heavy atom. The molecule has 4 rings (SSSR count). The number of rotatable bonds is 5. The van der Waals surface area contributed by atoms with E-state index in [2.05, 4.69) is 20.6 Å². The van der Waals surface area contributed by atoms with Gasteiger partial charge >= 0.3 is 6.18 Å². The monoisotopic (exact) mass is 463 g/mol. The summed E-state index contributed by atoms with van der Waals surface area (Å²) in [7, 11) is 1.35. The third-order valence-electron chi connectivity index (χ3n) is 4.35. The number of carbonyl (C=O) groups is 1. The van der Waals surface area contributed by atoms with Gasteiger partial charge < -0.3 is 4.74 Å². The average molecular weight is 463 g/mol. The molecule has 0 radical (unpaired) electrons. The number of hydrogen-bond acceptors (Lipinski definition) is 6. The molecular weight excluding hydrogens is 450 g/mol. The van der Waals surface area contributed by atoms with Crippen molar-refractivity contribution in [3.63, 3.8) is 0 Å². The average Bonchev–Trinajstić information content (AvgIpc) is 3.43. The van der Waals surface area contributed by atoms with Crippen molar-refractivity contribution in [2.45, 2.75) is 6.18 Å². The molecule has 0 aliphatic heterocycles. The van der Waals surface area contributed by atoms with Crippen molar-refractivity contribution < 1.29 is 27.1 Å². The van der Waals surface area contributed by atoms with Gasteiger partial charge in [0.15, 0.2) is 22.4 Å². The Bertz CT molecular complexity index is 1280. The summed E-state index contributed by atoms with van der Waals surface area (Å²) in [6.07, 6.45) is -3.50. The van der Waals surface area contributed by atoms with Crippen LogP contribution in [0.2, 0.25) is 0 Å². The van der Waals surface area contributed by atoms with Crippen LogP contribution >= 0.6 is 11.3 Å². The van der Waals surface area contributed by atoms with Crippen molar-refractivity contribution >= 4 is 22.4 Å². The standard InChI is InChI=1S/C20H13F4N5O2S/c1-31-17-7-6-11(8-13(17)21)15-10-32-19(25-15)26-18(30)14-9-29(28-27-14)16-5-3-2-4-12(16)20(22,23)24/h2-10H,1H3,(H,25,26,30). The number of nitrogens with zero attached hydrogens (tertiary/aromatic N) is 4. The molecule has 1 N–H and O–H groups in total. The number of ether oxygens (including phenoxy) is 1. The van der Waals surface area contributed by atoms with Crippen LogP contribution in [0.15, 0.2) is 54.0 Å². The second-order valence-corrected chi connectivity index (χ2v) is 7.26. The molecule has 0 aliphatic rings. The predicted octanol–water partition coefficient (Wildman–Crippen LogP) is 4.81. The van der Waals surface area contributed by atoms with Crippen LogP contribution in [0, 0.1) is 5.82 Å². The molecule has 0 spiro atoms. The van der Waals surface area contributed by atoms with E-state index < -0.39 is 23.5 Å². The van der Waals surface area contributed by atoms with E-state index in [-0.39, 0.29) is 22.3 Å². The number of nitrogens with one attached hydrogen (secondary N) is 1. The SMILES string of the molecule is COc1ccc(-c2csc(NC(=O)c3cn(-c4ccccc4C(F)(F)F)nn3)n2)cc1F. The number of benzene rings is 2. The fraction of sp³-hybridized carbons (Fsp3) is 0.100. The van der Waals surface area contributed by atoms with Gasteiger partial charge in [-0.1, -0.05) is 17.3 Å². The number of halogens is 4. The molecule has 12 heteroatoms. The minimum absolute atomic E-state index is 0.0905. The van der Waals surface area contributed by atoms with Crippen molar-refractivity contribution in [2.24, 2.45) is 0 Å². The third kappa shape index (κ3) is 4.30. The molecule has 0 fully saturated rings. The highest BCUT2D eigenvalue weighted by Crippen LogP contribution is 2.33. The smallest absolute Gasteiger partial charge is 0.418 e. The number of anilines is 1. The maximum absolute atomic E-state index is 13.9. The van der Waals surface area contributed by atoms with Gasteiger partial charge in [-0.05, 0) is 30.3 Å². The van der Waals surface area contributed by atoms with Crippen LogP contribution in [0.1, 0.15) is 16.1 Å². The van der Waals surface area contributed by atoms with Crippen molar-refractivity contribution in [1.82, 2.24) is 20.0 Å². The maximum Gasteiger partial charge on any atom is 0.418 e. The van der Waals surface area contributed by atoms with E-state index in [0.29, 0.717) is 11.3 Å². The van der Waals surface area contributed by atoms with E-state index in [9.17, 15) is 22.4 Å². The molecule has 32 heavy (non-hydrogen) atoms. The Morgan fingerprint density at radius 3 is 2.69 bits per heavy atom. The van der Waals surface area contributed by atoms with E-state index in [1.807, 2.05) is 0 Å². The van der Waals surface area contributed by atoms with E-state index in [0.717, 1.165) is 28.3 Å². The molecule has 1 amide bonds. The number of methoxy groups -OCH3 is 1. The van der Waals surface area contributed by atoms with Gasteiger partial charge in [0, 0.05) is 10.9 Å². The predicted molar refractivity (Wildman–Crippen MR) is 108 cm³/mol. The van der Waals surface area contributed by atoms with Crippen LogP contribution in [-0.2, 0) is 6.18 Å². The first-order valence-electron chi connectivity index (χ1n) is 8.96. The fourth-order valence-electron chi connectivity index (χ4n) is 2.85. The third-order valence-corrected chi connectivity index (χ3v) is 5.11. The normalized spacial score (nSPS) is 11.4. The minimum Gasteiger partial charge on any atom is -0.494 e. The molecule has 0 aliphatic carbocycles. The Kier molecular flexibility index (Phi) is 5.61. The molecule has 0 saturated carbocycles. The number of aromatic nitrogens is 4. The summed E-state index contributed by atoms with van der Waals surface area (Å²) in [6, 6.07) is 9.14. The lowest BCUT2D eigenvalue weighted by atomic mass is 10.1. The molecule has 0 unspecified atom stereocenters. The first kappa shape index (κ1) is 21.4. The van der Waals surface area contributed by atoms with Crippen molar-refractivity contribution in [2.75, 3.05) is 12.4 Å². The van der Waals surface area contributed by atoms with Crippen LogP contribution < -0.4 is 10.1 Å². The highest BCUT2D eigenvalue weighted by molar-refractivity contribution is 7.14. The largest absolute Gasteiger partial charge is 0.494 e. The summed E-state index contributed by atoms with van der Waals surface area (Å²) in [5.41, 5.74) is -0.462. The van der Waals surface area contributed by atoms with Gasteiger partial charge in [-0.15, -0.1) is 16.4 Å². The molecule has 2 heterocycles. The molecule has 2 aromatic heterocycles. The van der Waals surface area contributed by atoms with Crippen molar-refractivity contribution in [1.29, 1.82) is 0 Å². The zero-order chi connectivity index (χ0) is 22.9. The van der Waals surface area contributed by atoms with E-state index >= 15 is 0 Å². The lowest BCUT2D eigenvalue weighted by Gasteiger charge is -2.11. The Balaban J connectivity index is 1.52. The van der Waals surface area contributed by atoms with E-state index in [1.54, 1.807) is 11.4 Å². The van der Waals surface area contributed by atoms with Gasteiger partial charge in [0.1, 0.15) is 0 Å².